The molecule has 1 heterocycles. The van der Waals surface area contributed by atoms with Crippen LogP contribution in [0.2, 0.25) is 0 Å². The zero-order valence-corrected chi connectivity index (χ0v) is 13.1. The fourth-order valence-corrected chi connectivity index (χ4v) is 2.51. The normalized spacial score (nSPS) is 11.6. The molecule has 1 amide bonds. The Morgan fingerprint density at radius 3 is 2.81 bits per heavy atom. The van der Waals surface area contributed by atoms with Gasteiger partial charge in [0, 0.05) is 18.0 Å². The molecule has 0 radical (unpaired) electrons. The third kappa shape index (κ3) is 4.77. The number of halogens is 2. The van der Waals surface area contributed by atoms with E-state index in [1.165, 1.54) is 17.4 Å². The highest BCUT2D eigenvalue weighted by molar-refractivity contribution is 7.09. The second-order valence-corrected chi connectivity index (χ2v) is 5.44. The summed E-state index contributed by atoms with van der Waals surface area (Å²) in [5.74, 6) is -0.516. The summed E-state index contributed by atoms with van der Waals surface area (Å²) in [6.07, 6.45) is 0.437. The number of aromatic nitrogens is 1. The van der Waals surface area contributed by atoms with Gasteiger partial charge in [0.25, 0.3) is 5.91 Å². The predicted octanol–water partition coefficient (Wildman–Crippen LogP) is 2.52. The van der Waals surface area contributed by atoms with Crippen molar-refractivity contribution in [1.82, 2.24) is 10.3 Å². The highest BCUT2D eigenvalue weighted by Crippen LogP contribution is 2.11. The number of amides is 1. The van der Waals surface area contributed by atoms with Crippen molar-refractivity contribution in [2.45, 2.75) is 25.9 Å². The van der Waals surface area contributed by atoms with Crippen LogP contribution in [0.1, 0.15) is 28.0 Å². The van der Waals surface area contributed by atoms with Crippen molar-refractivity contribution in [2.75, 3.05) is 0 Å². The molecule has 114 valence electrons. The van der Waals surface area contributed by atoms with Gasteiger partial charge in [0.2, 0.25) is 0 Å². The molecule has 0 aliphatic heterocycles. The molecule has 2 aromatic rings. The minimum atomic E-state index is -0.259. The zero-order chi connectivity index (χ0) is 14.5. The molecule has 0 bridgehead atoms. The van der Waals surface area contributed by atoms with Gasteiger partial charge in [0.1, 0.15) is 16.5 Å². The van der Waals surface area contributed by atoms with Crippen LogP contribution >= 0.6 is 23.7 Å². The number of hydrogen-bond donors (Lipinski definition) is 2. The molecule has 1 aromatic carbocycles. The van der Waals surface area contributed by atoms with E-state index in [-0.39, 0.29) is 30.2 Å². The first-order valence-electron chi connectivity index (χ1n) is 6.29. The maximum atomic E-state index is 13.5. The van der Waals surface area contributed by atoms with Crippen molar-refractivity contribution in [3.8, 4) is 0 Å². The predicted molar refractivity (Wildman–Crippen MR) is 84.3 cm³/mol. The first kappa shape index (κ1) is 17.6. The van der Waals surface area contributed by atoms with Crippen LogP contribution in [0.25, 0.3) is 0 Å². The maximum absolute atomic E-state index is 13.5. The lowest BCUT2D eigenvalue weighted by molar-refractivity contribution is 0.0935. The summed E-state index contributed by atoms with van der Waals surface area (Å²) in [5, 5.41) is 5.20. The second kappa shape index (κ2) is 8.07. The summed E-state index contributed by atoms with van der Waals surface area (Å²) in [4.78, 5) is 16.1. The average molecular weight is 330 g/mol. The monoisotopic (exact) mass is 329 g/mol. The number of benzene rings is 1. The van der Waals surface area contributed by atoms with Crippen LogP contribution in [-0.2, 0) is 13.0 Å². The fourth-order valence-electron chi connectivity index (χ4n) is 1.85. The van der Waals surface area contributed by atoms with E-state index in [2.05, 4.69) is 10.3 Å². The molecule has 21 heavy (non-hydrogen) atoms. The van der Waals surface area contributed by atoms with Crippen molar-refractivity contribution < 1.29 is 9.18 Å². The Bertz CT molecular complexity index is 605. The second-order valence-electron chi connectivity index (χ2n) is 4.50. The molecule has 7 heteroatoms. The molecule has 1 aromatic heterocycles. The van der Waals surface area contributed by atoms with Crippen molar-refractivity contribution in [3.63, 3.8) is 0 Å². The van der Waals surface area contributed by atoms with E-state index in [0.717, 1.165) is 5.01 Å². The van der Waals surface area contributed by atoms with Crippen LogP contribution in [0.3, 0.4) is 0 Å². The summed E-state index contributed by atoms with van der Waals surface area (Å²) >= 11 is 1.35. The van der Waals surface area contributed by atoms with E-state index in [9.17, 15) is 9.18 Å². The minimum Gasteiger partial charge on any atom is -0.348 e. The van der Waals surface area contributed by atoms with Crippen LogP contribution < -0.4 is 11.1 Å². The summed E-state index contributed by atoms with van der Waals surface area (Å²) in [7, 11) is 0. The number of nitrogens with one attached hydrogen (secondary N) is 1. The van der Waals surface area contributed by atoms with Crippen LogP contribution in [0, 0.1) is 5.82 Å². The van der Waals surface area contributed by atoms with Gasteiger partial charge >= 0.3 is 0 Å². The van der Waals surface area contributed by atoms with Crippen LogP contribution in [0.4, 0.5) is 4.39 Å². The highest BCUT2D eigenvalue weighted by atomic mass is 35.5. The molecule has 1 atom stereocenters. The van der Waals surface area contributed by atoms with E-state index in [4.69, 9.17) is 5.73 Å². The van der Waals surface area contributed by atoms with Gasteiger partial charge in [-0.05, 0) is 25.0 Å². The van der Waals surface area contributed by atoms with Crippen LogP contribution in [-0.4, -0.2) is 16.9 Å². The number of nitrogens with zero attached hydrogens (tertiary/aromatic N) is 1. The highest BCUT2D eigenvalue weighted by Gasteiger charge is 2.14. The Hall–Kier alpha value is -1.50. The number of carbonyl (C=O) groups excluding carboxylic acids is 1. The molecule has 2 rings (SSSR count). The quantitative estimate of drug-likeness (QED) is 0.885. The standard InChI is InChI=1S/C14H16FN3OS.ClH/c1-9(6-10-4-2-3-5-11(10)15)17-14(19)12-8-20-13(7-16)18-12;/h2-5,8-9H,6-7,16H2,1H3,(H,17,19);1H. The fraction of sp³-hybridized carbons (Fsp3) is 0.286. The molecule has 0 spiro atoms. The number of hydrogen-bond acceptors (Lipinski definition) is 4. The first-order chi connectivity index (χ1) is 9.60. The van der Waals surface area contributed by atoms with Gasteiger partial charge in [-0.1, -0.05) is 18.2 Å². The Morgan fingerprint density at radius 1 is 1.48 bits per heavy atom. The number of thiazole rings is 1. The summed E-state index contributed by atoms with van der Waals surface area (Å²) in [6.45, 7) is 2.16. The van der Waals surface area contributed by atoms with Crippen LogP contribution in [0.15, 0.2) is 29.6 Å². The first-order valence-corrected chi connectivity index (χ1v) is 7.17. The van der Waals surface area contributed by atoms with Crippen molar-refractivity contribution in [3.05, 3.63) is 51.7 Å². The molecule has 3 N–H and O–H groups in total. The number of rotatable bonds is 5. The Morgan fingerprint density at radius 2 is 2.19 bits per heavy atom. The third-order valence-corrected chi connectivity index (χ3v) is 3.69. The zero-order valence-electron chi connectivity index (χ0n) is 11.5. The van der Waals surface area contributed by atoms with E-state index < -0.39 is 0 Å². The SMILES string of the molecule is CC(Cc1ccccc1F)NC(=O)c1csc(CN)n1.Cl. The lowest BCUT2D eigenvalue weighted by atomic mass is 10.1. The lowest BCUT2D eigenvalue weighted by Crippen LogP contribution is -2.34. The molecule has 1 unspecified atom stereocenters. The number of nitrogens with two attached hydrogens (primary N) is 1. The molecular formula is C14H17ClFN3OS. The van der Waals surface area contributed by atoms with Gasteiger partial charge in [-0.25, -0.2) is 9.37 Å². The summed E-state index contributed by atoms with van der Waals surface area (Å²) < 4.78 is 13.5. The van der Waals surface area contributed by atoms with E-state index in [0.29, 0.717) is 24.2 Å². The Labute approximate surface area is 133 Å². The lowest BCUT2D eigenvalue weighted by Gasteiger charge is -2.13. The summed E-state index contributed by atoms with van der Waals surface area (Å²) in [6, 6.07) is 6.38. The molecule has 0 saturated carbocycles. The van der Waals surface area contributed by atoms with Gasteiger partial charge in [-0.2, -0.15) is 0 Å². The topological polar surface area (TPSA) is 68.0 Å². The average Bonchev–Trinajstić information content (AvgIpc) is 2.90. The van der Waals surface area contributed by atoms with E-state index in [1.807, 2.05) is 6.92 Å². The Balaban J connectivity index is 0.00000220. The van der Waals surface area contributed by atoms with Gasteiger partial charge in [-0.3, -0.25) is 4.79 Å². The molecule has 0 aliphatic rings. The molecule has 0 fully saturated rings. The third-order valence-electron chi connectivity index (χ3n) is 2.82. The molecule has 4 nitrogen and oxygen atoms in total. The number of carbonyl (C=O) groups is 1. The molecule has 0 saturated heterocycles. The van der Waals surface area contributed by atoms with Crippen LogP contribution in [0.5, 0.6) is 0 Å². The largest absolute Gasteiger partial charge is 0.348 e. The maximum Gasteiger partial charge on any atom is 0.270 e. The molecular weight excluding hydrogens is 313 g/mol. The summed E-state index contributed by atoms with van der Waals surface area (Å²) in [5.41, 5.74) is 6.40. The van der Waals surface area contributed by atoms with Gasteiger partial charge in [0.05, 0.1) is 0 Å². The van der Waals surface area contributed by atoms with Gasteiger partial charge in [0.15, 0.2) is 0 Å². The van der Waals surface area contributed by atoms with Crippen molar-refractivity contribution >= 4 is 29.7 Å². The molecule has 0 aliphatic carbocycles. The van der Waals surface area contributed by atoms with Gasteiger partial charge < -0.3 is 11.1 Å². The van der Waals surface area contributed by atoms with E-state index >= 15 is 0 Å². The minimum absolute atomic E-state index is 0. The van der Waals surface area contributed by atoms with Crippen molar-refractivity contribution in [1.29, 1.82) is 0 Å². The Kier molecular flexibility index (Phi) is 6.74. The smallest absolute Gasteiger partial charge is 0.270 e. The van der Waals surface area contributed by atoms with Crippen molar-refractivity contribution in [2.24, 2.45) is 5.73 Å². The van der Waals surface area contributed by atoms with Gasteiger partial charge in [-0.15, -0.1) is 23.7 Å². The van der Waals surface area contributed by atoms with E-state index in [1.54, 1.807) is 23.6 Å².